The molecule has 0 spiro atoms. The second kappa shape index (κ2) is 4.31. The third-order valence-electron chi connectivity index (χ3n) is 1.40. The molecular formula is C9H10N2O2. The molecule has 68 valence electrons. The lowest BCUT2D eigenvalue weighted by Gasteiger charge is -2.00. The van der Waals surface area contributed by atoms with Crippen LogP contribution in [0, 0.1) is 12.3 Å². The zero-order valence-electron chi connectivity index (χ0n) is 7.36. The second-order valence-electron chi connectivity index (χ2n) is 2.38. The van der Waals surface area contributed by atoms with Gasteiger partial charge in [-0.05, 0) is 6.92 Å². The summed E-state index contributed by atoms with van der Waals surface area (Å²) in [6, 6.07) is 0. The fourth-order valence-electron chi connectivity index (χ4n) is 0.863. The molecule has 0 unspecified atom stereocenters. The number of hydrogen-bond donors (Lipinski definition) is 0. The van der Waals surface area contributed by atoms with Crippen LogP contribution in [0.5, 0.6) is 0 Å². The van der Waals surface area contributed by atoms with Crippen LogP contribution in [0.3, 0.4) is 0 Å². The molecule has 0 aromatic carbocycles. The summed E-state index contributed by atoms with van der Waals surface area (Å²) in [6.07, 6.45) is 8.28. The quantitative estimate of drug-likeness (QED) is 0.498. The molecule has 0 N–H and O–H groups in total. The van der Waals surface area contributed by atoms with E-state index < -0.39 is 0 Å². The number of hydrogen-bond acceptors (Lipinski definition) is 3. The lowest BCUT2D eigenvalue weighted by molar-refractivity contribution is -0.144. The molecule has 0 radical (unpaired) electrons. The fraction of sp³-hybridized carbons (Fsp3) is 0.333. The molecule has 13 heavy (non-hydrogen) atoms. The van der Waals surface area contributed by atoms with E-state index in [1.165, 1.54) is 10.9 Å². The Bertz CT molecular complexity index is 336. The molecule has 1 aromatic heterocycles. The highest BCUT2D eigenvalue weighted by Gasteiger charge is 2.03. The van der Waals surface area contributed by atoms with Crippen molar-refractivity contribution in [1.82, 2.24) is 9.78 Å². The fourth-order valence-corrected chi connectivity index (χ4v) is 0.863. The van der Waals surface area contributed by atoms with Gasteiger partial charge in [0.1, 0.15) is 6.54 Å². The monoisotopic (exact) mass is 178 g/mol. The minimum atomic E-state index is -0.311. The average molecular weight is 178 g/mol. The highest BCUT2D eigenvalue weighted by atomic mass is 16.5. The first-order chi connectivity index (χ1) is 6.26. The van der Waals surface area contributed by atoms with E-state index in [1.54, 1.807) is 13.1 Å². The molecule has 0 bridgehead atoms. The lowest BCUT2D eigenvalue weighted by atomic mass is 10.4. The molecule has 0 atom stereocenters. The van der Waals surface area contributed by atoms with Crippen LogP contribution >= 0.6 is 0 Å². The highest BCUT2D eigenvalue weighted by Crippen LogP contribution is 1.95. The van der Waals surface area contributed by atoms with Gasteiger partial charge in [0.15, 0.2) is 0 Å². The Kier molecular flexibility index (Phi) is 3.09. The molecule has 0 fully saturated rings. The number of rotatable bonds is 3. The Morgan fingerprint density at radius 1 is 1.85 bits per heavy atom. The number of nitrogens with zero attached hydrogens (tertiary/aromatic N) is 2. The van der Waals surface area contributed by atoms with E-state index in [-0.39, 0.29) is 12.5 Å². The number of carbonyl (C=O) groups excluding carboxylic acids is 1. The van der Waals surface area contributed by atoms with Crippen LogP contribution in [-0.2, 0) is 16.1 Å². The number of esters is 1. The Morgan fingerprint density at radius 2 is 2.62 bits per heavy atom. The van der Waals surface area contributed by atoms with Crippen LogP contribution in [0.2, 0.25) is 0 Å². The molecule has 4 heteroatoms. The number of aromatic nitrogens is 2. The van der Waals surface area contributed by atoms with Crippen LogP contribution in [0.1, 0.15) is 12.5 Å². The molecule has 0 aliphatic heterocycles. The summed E-state index contributed by atoms with van der Waals surface area (Å²) in [5, 5.41) is 3.88. The SMILES string of the molecule is C#Cc1cnn(CC(=O)OCC)c1. The second-order valence-corrected chi connectivity index (χ2v) is 2.38. The van der Waals surface area contributed by atoms with Crippen molar-refractivity contribution in [2.75, 3.05) is 6.61 Å². The highest BCUT2D eigenvalue weighted by molar-refractivity contribution is 5.69. The van der Waals surface area contributed by atoms with Crippen molar-refractivity contribution < 1.29 is 9.53 Å². The third-order valence-corrected chi connectivity index (χ3v) is 1.40. The standard InChI is InChI=1S/C9H10N2O2/c1-3-8-5-10-11(6-8)7-9(12)13-4-2/h1,5-6H,4,7H2,2H3. The lowest BCUT2D eigenvalue weighted by Crippen LogP contribution is -2.13. The molecule has 0 amide bonds. The Morgan fingerprint density at radius 3 is 3.15 bits per heavy atom. The molecule has 1 aromatic rings. The van der Waals surface area contributed by atoms with Gasteiger partial charge in [-0.25, -0.2) is 0 Å². The van der Waals surface area contributed by atoms with Crippen molar-refractivity contribution in [3.63, 3.8) is 0 Å². The van der Waals surface area contributed by atoms with Crippen molar-refractivity contribution in [3.8, 4) is 12.3 Å². The van der Waals surface area contributed by atoms with Gasteiger partial charge in [-0.3, -0.25) is 9.48 Å². The molecule has 0 aliphatic rings. The van der Waals surface area contributed by atoms with Gasteiger partial charge in [0, 0.05) is 6.20 Å². The summed E-state index contributed by atoms with van der Waals surface area (Å²) in [4.78, 5) is 11.0. The maximum Gasteiger partial charge on any atom is 0.327 e. The van der Waals surface area contributed by atoms with E-state index in [2.05, 4.69) is 11.0 Å². The first-order valence-electron chi connectivity index (χ1n) is 3.91. The molecule has 1 heterocycles. The van der Waals surface area contributed by atoms with Crippen molar-refractivity contribution >= 4 is 5.97 Å². The molecular weight excluding hydrogens is 168 g/mol. The van der Waals surface area contributed by atoms with E-state index >= 15 is 0 Å². The molecule has 4 nitrogen and oxygen atoms in total. The summed E-state index contributed by atoms with van der Waals surface area (Å²) in [5.74, 6) is 2.11. The van der Waals surface area contributed by atoms with E-state index in [1.807, 2.05) is 0 Å². The van der Waals surface area contributed by atoms with Gasteiger partial charge >= 0.3 is 5.97 Å². The predicted molar refractivity (Wildman–Crippen MR) is 46.8 cm³/mol. The van der Waals surface area contributed by atoms with Gasteiger partial charge in [-0.15, -0.1) is 6.42 Å². The van der Waals surface area contributed by atoms with E-state index in [0.717, 1.165) is 0 Å². The Labute approximate surface area is 76.5 Å². The first-order valence-corrected chi connectivity index (χ1v) is 3.91. The maximum absolute atomic E-state index is 11.0. The summed E-state index contributed by atoms with van der Waals surface area (Å²) in [5.41, 5.74) is 0.657. The van der Waals surface area contributed by atoms with E-state index in [9.17, 15) is 4.79 Å². The largest absolute Gasteiger partial charge is 0.465 e. The van der Waals surface area contributed by atoms with Gasteiger partial charge < -0.3 is 4.74 Å². The van der Waals surface area contributed by atoms with Crippen LogP contribution in [0.15, 0.2) is 12.4 Å². The van der Waals surface area contributed by atoms with Crippen molar-refractivity contribution in [2.45, 2.75) is 13.5 Å². The Hall–Kier alpha value is -1.76. The average Bonchev–Trinajstić information content (AvgIpc) is 2.52. The van der Waals surface area contributed by atoms with Gasteiger partial charge in [0.05, 0.1) is 18.4 Å². The minimum absolute atomic E-state index is 0.107. The van der Waals surface area contributed by atoms with Crippen molar-refractivity contribution in [2.24, 2.45) is 0 Å². The molecule has 0 saturated heterocycles. The van der Waals surface area contributed by atoms with Crippen LogP contribution in [-0.4, -0.2) is 22.4 Å². The first kappa shape index (κ1) is 9.33. The van der Waals surface area contributed by atoms with E-state index in [0.29, 0.717) is 12.2 Å². The smallest absolute Gasteiger partial charge is 0.327 e. The van der Waals surface area contributed by atoms with Crippen molar-refractivity contribution in [3.05, 3.63) is 18.0 Å². The number of ether oxygens (including phenoxy) is 1. The van der Waals surface area contributed by atoms with Crippen LogP contribution in [0.4, 0.5) is 0 Å². The van der Waals surface area contributed by atoms with Gasteiger partial charge in [-0.1, -0.05) is 5.92 Å². The number of carbonyl (C=O) groups is 1. The summed E-state index contributed by atoms with van der Waals surface area (Å²) in [6.45, 7) is 2.24. The molecule has 1 rings (SSSR count). The van der Waals surface area contributed by atoms with Gasteiger partial charge in [0.2, 0.25) is 0 Å². The van der Waals surface area contributed by atoms with E-state index in [4.69, 9.17) is 11.2 Å². The maximum atomic E-state index is 11.0. The third kappa shape index (κ3) is 2.64. The Balaban J connectivity index is 2.55. The molecule has 0 saturated carbocycles. The predicted octanol–water partition coefficient (Wildman–Crippen LogP) is 0.427. The summed E-state index contributed by atoms with van der Waals surface area (Å²) < 4.78 is 6.19. The minimum Gasteiger partial charge on any atom is -0.465 e. The van der Waals surface area contributed by atoms with Gasteiger partial charge in [0.25, 0.3) is 0 Å². The summed E-state index contributed by atoms with van der Waals surface area (Å²) >= 11 is 0. The van der Waals surface area contributed by atoms with Crippen LogP contribution < -0.4 is 0 Å². The zero-order valence-corrected chi connectivity index (χ0v) is 7.36. The van der Waals surface area contributed by atoms with Gasteiger partial charge in [-0.2, -0.15) is 5.10 Å². The zero-order chi connectivity index (χ0) is 9.68. The van der Waals surface area contributed by atoms with Crippen LogP contribution in [0.25, 0.3) is 0 Å². The normalized spacial score (nSPS) is 9.23. The molecule has 0 aliphatic carbocycles. The van der Waals surface area contributed by atoms with Crippen molar-refractivity contribution in [1.29, 1.82) is 0 Å². The summed E-state index contributed by atoms with van der Waals surface area (Å²) in [7, 11) is 0. The number of terminal acetylenes is 1. The topological polar surface area (TPSA) is 44.1 Å².